The van der Waals surface area contributed by atoms with Crippen molar-refractivity contribution in [3.8, 4) is 0 Å². The molecule has 0 aliphatic carbocycles. The smallest absolute Gasteiger partial charge is 0.241 e. The number of aliphatic hydroxyl groups is 1. The summed E-state index contributed by atoms with van der Waals surface area (Å²) in [7, 11) is 0. The number of thiazole rings is 1. The Bertz CT molecular complexity index is 377. The summed E-state index contributed by atoms with van der Waals surface area (Å²) >= 11 is 1.38. The number of anilines is 2. The average molecular weight is 199 g/mol. The van der Waals surface area contributed by atoms with Gasteiger partial charge in [-0.2, -0.15) is 4.98 Å². The molecule has 0 bridgehead atoms. The van der Waals surface area contributed by atoms with Crippen molar-refractivity contribution in [3.63, 3.8) is 0 Å². The maximum absolute atomic E-state index is 8.56. The highest BCUT2D eigenvalue weighted by molar-refractivity contribution is 7.22. The van der Waals surface area contributed by atoms with Gasteiger partial charge in [0.25, 0.3) is 0 Å². The maximum atomic E-state index is 8.56. The van der Waals surface area contributed by atoms with Crippen molar-refractivity contribution < 1.29 is 9.52 Å². The highest BCUT2D eigenvalue weighted by Gasteiger charge is 2.07. The molecule has 0 radical (unpaired) electrons. The van der Waals surface area contributed by atoms with Crippen LogP contribution in [0.2, 0.25) is 0 Å². The van der Waals surface area contributed by atoms with Crippen LogP contribution in [0.5, 0.6) is 0 Å². The second-order valence-corrected chi connectivity index (χ2v) is 3.54. The van der Waals surface area contributed by atoms with E-state index in [4.69, 9.17) is 15.3 Å². The molecule has 0 aliphatic heterocycles. The summed E-state index contributed by atoms with van der Waals surface area (Å²) in [6.07, 6.45) is 0. The fourth-order valence-corrected chi connectivity index (χ4v) is 1.71. The van der Waals surface area contributed by atoms with Crippen molar-refractivity contribution in [2.24, 2.45) is 0 Å². The highest BCUT2D eigenvalue weighted by Crippen LogP contribution is 2.29. The van der Waals surface area contributed by atoms with E-state index in [1.165, 1.54) is 11.3 Å². The second kappa shape index (κ2) is 3.23. The van der Waals surface area contributed by atoms with Gasteiger partial charge in [0.2, 0.25) is 5.71 Å². The van der Waals surface area contributed by atoms with Crippen molar-refractivity contribution in [3.05, 3.63) is 6.07 Å². The molecule has 0 spiro atoms. The molecule has 2 rings (SSSR count). The molecular weight excluding hydrogens is 190 g/mol. The Morgan fingerprint density at radius 1 is 1.69 bits per heavy atom. The van der Waals surface area contributed by atoms with Crippen molar-refractivity contribution in [2.75, 3.05) is 24.2 Å². The third kappa shape index (κ3) is 1.58. The summed E-state index contributed by atoms with van der Waals surface area (Å²) in [6.45, 7) is 0.542. The van der Waals surface area contributed by atoms with Crippen LogP contribution in [0.15, 0.2) is 10.5 Å². The minimum atomic E-state index is 0.0733. The van der Waals surface area contributed by atoms with Gasteiger partial charge in [0.05, 0.1) is 11.3 Å². The minimum Gasteiger partial charge on any atom is -0.421 e. The topological polar surface area (TPSA) is 84.3 Å². The van der Waals surface area contributed by atoms with Crippen molar-refractivity contribution in [1.82, 2.24) is 4.98 Å². The molecule has 0 saturated carbocycles. The Kier molecular flexibility index (Phi) is 2.07. The van der Waals surface area contributed by atoms with Gasteiger partial charge in [0.1, 0.15) is 0 Å². The number of hydrogen-bond donors (Lipinski definition) is 3. The van der Waals surface area contributed by atoms with Crippen LogP contribution < -0.4 is 11.1 Å². The quantitative estimate of drug-likeness (QED) is 0.683. The predicted molar refractivity (Wildman–Crippen MR) is 51.9 cm³/mol. The van der Waals surface area contributed by atoms with E-state index in [2.05, 4.69) is 10.3 Å². The van der Waals surface area contributed by atoms with E-state index < -0.39 is 0 Å². The zero-order valence-electron chi connectivity index (χ0n) is 6.78. The Hall–Kier alpha value is -1.27. The molecule has 0 unspecified atom stereocenters. The van der Waals surface area contributed by atoms with E-state index in [0.29, 0.717) is 23.3 Å². The molecule has 2 heterocycles. The van der Waals surface area contributed by atoms with Crippen LogP contribution in [-0.2, 0) is 0 Å². The Balaban J connectivity index is 2.24. The summed E-state index contributed by atoms with van der Waals surface area (Å²) in [6, 6.07) is 1.82. The summed E-state index contributed by atoms with van der Waals surface area (Å²) in [4.78, 5) is 3.97. The lowest BCUT2D eigenvalue weighted by atomic mass is 10.6. The number of hydrogen-bond acceptors (Lipinski definition) is 6. The molecular formula is C7H9N3O2S. The summed E-state index contributed by atoms with van der Waals surface area (Å²) in [5, 5.41) is 12.0. The van der Waals surface area contributed by atoms with Gasteiger partial charge in [-0.05, 0) is 0 Å². The molecule has 70 valence electrons. The molecule has 0 aromatic carbocycles. The number of aliphatic hydroxyl groups excluding tert-OH is 1. The number of nitrogens with zero attached hydrogens (tertiary/aromatic N) is 1. The van der Waals surface area contributed by atoms with Gasteiger partial charge in [0, 0.05) is 12.6 Å². The third-order valence-corrected chi connectivity index (χ3v) is 2.33. The van der Waals surface area contributed by atoms with Gasteiger partial charge in [-0.3, -0.25) is 0 Å². The lowest BCUT2D eigenvalue weighted by Gasteiger charge is -1.96. The number of rotatable bonds is 3. The van der Waals surface area contributed by atoms with E-state index in [-0.39, 0.29) is 6.61 Å². The molecule has 4 N–H and O–H groups in total. The molecule has 13 heavy (non-hydrogen) atoms. The van der Waals surface area contributed by atoms with Crippen molar-refractivity contribution in [1.29, 1.82) is 0 Å². The lowest BCUT2D eigenvalue weighted by molar-refractivity contribution is 0.310. The van der Waals surface area contributed by atoms with Gasteiger partial charge >= 0.3 is 0 Å². The van der Waals surface area contributed by atoms with E-state index in [0.717, 1.165) is 4.70 Å². The van der Waals surface area contributed by atoms with Gasteiger partial charge in [-0.15, -0.1) is 0 Å². The average Bonchev–Trinajstić information content (AvgIpc) is 2.57. The summed E-state index contributed by atoms with van der Waals surface area (Å²) in [5.41, 5.74) is 6.02. The molecule has 2 aromatic rings. The third-order valence-electron chi connectivity index (χ3n) is 1.52. The molecule has 5 nitrogen and oxygen atoms in total. The molecule has 0 aliphatic rings. The fraction of sp³-hybridized carbons (Fsp3) is 0.286. The van der Waals surface area contributed by atoms with Crippen LogP contribution in [0.1, 0.15) is 0 Å². The van der Waals surface area contributed by atoms with Crippen LogP contribution in [0.3, 0.4) is 0 Å². The zero-order valence-corrected chi connectivity index (χ0v) is 7.60. The summed E-state index contributed by atoms with van der Waals surface area (Å²) in [5.74, 6) is 0.614. The number of nitrogens with one attached hydrogen (secondary N) is 1. The first kappa shape index (κ1) is 8.33. The molecule has 0 fully saturated rings. The second-order valence-electron chi connectivity index (χ2n) is 2.48. The first-order valence-electron chi connectivity index (χ1n) is 3.80. The van der Waals surface area contributed by atoms with Crippen LogP contribution in [0, 0.1) is 0 Å². The minimum absolute atomic E-state index is 0.0733. The SMILES string of the molecule is Nc1nc2oc(NCCO)cc2s1. The van der Waals surface area contributed by atoms with Gasteiger partial charge < -0.3 is 20.6 Å². The summed E-state index contributed by atoms with van der Waals surface area (Å²) < 4.78 is 6.20. The molecule has 0 atom stereocenters. The standard InChI is InChI=1S/C7H9N3O2S/c8-7-10-6-4(13-7)3-5(12-6)9-1-2-11/h3,9,11H,1-2H2,(H2,8,10). The number of nitrogens with two attached hydrogens (primary N) is 1. The van der Waals surface area contributed by atoms with Crippen molar-refractivity contribution >= 4 is 32.8 Å². The first-order valence-corrected chi connectivity index (χ1v) is 4.62. The lowest BCUT2D eigenvalue weighted by Crippen LogP contribution is -2.03. The van der Waals surface area contributed by atoms with Gasteiger partial charge in [0.15, 0.2) is 11.0 Å². The number of nitrogen functional groups attached to an aromatic ring is 1. The Morgan fingerprint density at radius 2 is 2.54 bits per heavy atom. The highest BCUT2D eigenvalue weighted by atomic mass is 32.1. The predicted octanol–water partition coefficient (Wildman–Crippen LogP) is 0.876. The van der Waals surface area contributed by atoms with Crippen LogP contribution in [0.25, 0.3) is 10.4 Å². The molecule has 2 aromatic heterocycles. The fourth-order valence-electron chi connectivity index (χ4n) is 1.02. The molecule has 0 saturated heterocycles. The number of fused-ring (bicyclic) bond motifs is 1. The molecule has 0 amide bonds. The van der Waals surface area contributed by atoms with Crippen LogP contribution >= 0.6 is 11.3 Å². The largest absolute Gasteiger partial charge is 0.421 e. The first-order chi connectivity index (χ1) is 6.29. The number of aromatic nitrogens is 1. The van der Waals surface area contributed by atoms with E-state index in [1.54, 1.807) is 0 Å². The Morgan fingerprint density at radius 3 is 3.23 bits per heavy atom. The van der Waals surface area contributed by atoms with E-state index in [1.807, 2.05) is 6.07 Å². The Labute approximate surface area is 78.2 Å². The van der Waals surface area contributed by atoms with E-state index in [9.17, 15) is 0 Å². The number of furan rings is 1. The zero-order chi connectivity index (χ0) is 9.26. The maximum Gasteiger partial charge on any atom is 0.241 e. The van der Waals surface area contributed by atoms with Crippen molar-refractivity contribution in [2.45, 2.75) is 0 Å². The van der Waals surface area contributed by atoms with E-state index >= 15 is 0 Å². The monoisotopic (exact) mass is 199 g/mol. The normalized spacial score (nSPS) is 10.8. The van der Waals surface area contributed by atoms with Gasteiger partial charge in [-0.25, -0.2) is 0 Å². The molecule has 6 heteroatoms. The van der Waals surface area contributed by atoms with Gasteiger partial charge in [-0.1, -0.05) is 11.3 Å². The van der Waals surface area contributed by atoms with Crippen LogP contribution in [0.4, 0.5) is 11.0 Å². The van der Waals surface area contributed by atoms with Crippen LogP contribution in [-0.4, -0.2) is 23.2 Å².